The number of ether oxygens (including phenoxy) is 3. The van der Waals surface area contributed by atoms with E-state index >= 15 is 0 Å². The van der Waals surface area contributed by atoms with Gasteiger partial charge in [-0.05, 0) is 154 Å². The largest absolute Gasteiger partial charge is 0.462 e. The minimum Gasteiger partial charge on any atom is -0.462 e. The number of hydrogen-bond donors (Lipinski definition) is 0. The van der Waals surface area contributed by atoms with Crippen molar-refractivity contribution in [3.05, 3.63) is 207 Å². The summed E-state index contributed by atoms with van der Waals surface area (Å²) in [6, 6.07) is 0. The molecule has 1 unspecified atom stereocenters. The minimum absolute atomic E-state index is 0.133. The van der Waals surface area contributed by atoms with E-state index in [0.717, 1.165) is 148 Å². The first-order valence-corrected chi connectivity index (χ1v) is 32.6. The predicted molar refractivity (Wildman–Crippen MR) is 361 cm³/mol. The summed E-state index contributed by atoms with van der Waals surface area (Å²) in [6.45, 7) is 6.18. The fourth-order valence-corrected chi connectivity index (χ4v) is 8.02. The van der Waals surface area contributed by atoms with Gasteiger partial charge in [0.25, 0.3) is 0 Å². The van der Waals surface area contributed by atoms with Gasteiger partial charge in [-0.1, -0.05) is 272 Å². The lowest BCUT2D eigenvalue weighted by atomic mass is 10.1. The molecule has 0 saturated carbocycles. The number of carbonyl (C=O) groups excluding carboxylic acids is 3. The molecule has 0 saturated heterocycles. The molecule has 0 rings (SSSR count). The van der Waals surface area contributed by atoms with Gasteiger partial charge >= 0.3 is 17.9 Å². The molecule has 0 aromatic heterocycles. The highest BCUT2D eigenvalue weighted by molar-refractivity contribution is 5.71. The van der Waals surface area contributed by atoms with Crippen LogP contribution in [-0.4, -0.2) is 37.2 Å². The standard InChI is InChI=1S/C77H116O6/c1-4-7-10-13-16-19-22-25-28-31-32-33-34-35-36-37-38-39-40-41-42-43-44-47-49-52-55-58-61-64-67-70-76(79)82-73-74(83-77(80)71-68-65-62-59-56-53-50-46-30-27-24-21-18-15-12-9-6-3)72-81-75(78)69-66-63-60-57-54-51-48-45-29-26-23-20-17-14-11-8-5-2/h7-12,16-21,25-30,32-33,35-36,38-39,41-42,48,50-51,53,57,59-60,62,74H,4-6,13-15,22-24,31,34,37,40,43-47,49,52,54-56,58,61,63-73H2,1-3H3/b10-7-,11-8-,12-9-,19-16-,20-17-,21-18-,28-25-,29-26-,30-27-,33-32-,36-35-,39-38-,42-41-,51-48-,53-50-,60-57-,62-59-. The Kier molecular flexibility index (Phi) is 63.5. The third-order valence-electron chi connectivity index (χ3n) is 12.8. The summed E-state index contributed by atoms with van der Waals surface area (Å²) in [4.78, 5) is 38.3. The number of esters is 3. The summed E-state index contributed by atoms with van der Waals surface area (Å²) in [7, 11) is 0. The molecule has 83 heavy (non-hydrogen) atoms. The van der Waals surface area contributed by atoms with Crippen LogP contribution in [-0.2, 0) is 28.6 Å². The molecule has 0 heterocycles. The molecule has 1 atom stereocenters. The van der Waals surface area contributed by atoms with Crippen LogP contribution in [0.1, 0.15) is 239 Å². The first-order chi connectivity index (χ1) is 41.0. The highest BCUT2D eigenvalue weighted by Crippen LogP contribution is 2.13. The first kappa shape index (κ1) is 77.0. The molecule has 0 aliphatic carbocycles. The summed E-state index contributed by atoms with van der Waals surface area (Å²) in [5, 5.41) is 0. The van der Waals surface area contributed by atoms with E-state index in [1.54, 1.807) is 0 Å². The van der Waals surface area contributed by atoms with Crippen molar-refractivity contribution >= 4 is 17.9 Å². The van der Waals surface area contributed by atoms with E-state index in [2.05, 4.69) is 227 Å². The second-order valence-electron chi connectivity index (χ2n) is 20.5. The number of carbonyl (C=O) groups is 3. The van der Waals surface area contributed by atoms with Crippen molar-refractivity contribution in [2.24, 2.45) is 0 Å². The Bertz CT molecular complexity index is 2030. The normalized spacial score (nSPS) is 13.5. The minimum atomic E-state index is -0.848. The lowest BCUT2D eigenvalue weighted by molar-refractivity contribution is -0.167. The highest BCUT2D eigenvalue weighted by atomic mass is 16.6. The van der Waals surface area contributed by atoms with Crippen molar-refractivity contribution in [1.82, 2.24) is 0 Å². The third kappa shape index (κ3) is 66.7. The van der Waals surface area contributed by atoms with E-state index in [4.69, 9.17) is 14.2 Å². The Balaban J connectivity index is 4.48. The number of unbranched alkanes of at least 4 members (excludes halogenated alkanes) is 11. The summed E-state index contributed by atoms with van der Waals surface area (Å²) in [6.07, 6.45) is 106. The van der Waals surface area contributed by atoms with E-state index in [-0.39, 0.29) is 38.0 Å². The summed E-state index contributed by atoms with van der Waals surface area (Å²) < 4.78 is 16.8. The van der Waals surface area contributed by atoms with Gasteiger partial charge in [-0.2, -0.15) is 0 Å². The van der Waals surface area contributed by atoms with Crippen LogP contribution < -0.4 is 0 Å². The molecule has 0 aliphatic rings. The van der Waals surface area contributed by atoms with Gasteiger partial charge in [0.15, 0.2) is 6.10 Å². The molecule has 0 aromatic carbocycles. The Morgan fingerprint density at radius 3 is 0.723 bits per heavy atom. The lowest BCUT2D eigenvalue weighted by Gasteiger charge is -2.18. The van der Waals surface area contributed by atoms with E-state index in [0.29, 0.717) is 19.3 Å². The Labute approximate surface area is 509 Å². The van der Waals surface area contributed by atoms with Gasteiger partial charge in [-0.3, -0.25) is 14.4 Å². The van der Waals surface area contributed by atoms with Crippen LogP contribution in [0, 0.1) is 0 Å². The molecule has 0 bridgehead atoms. The van der Waals surface area contributed by atoms with Crippen LogP contribution in [0.5, 0.6) is 0 Å². The summed E-state index contributed by atoms with van der Waals surface area (Å²) in [5.74, 6) is -1.07. The molecular weight excluding hydrogens is 1020 g/mol. The zero-order chi connectivity index (χ0) is 59.9. The molecular formula is C77H116O6. The zero-order valence-electron chi connectivity index (χ0n) is 52.6. The van der Waals surface area contributed by atoms with Crippen molar-refractivity contribution in [2.75, 3.05) is 13.2 Å². The molecule has 0 aliphatic heterocycles. The van der Waals surface area contributed by atoms with Crippen LogP contribution in [0.25, 0.3) is 0 Å². The predicted octanol–water partition coefficient (Wildman–Crippen LogP) is 22.8. The van der Waals surface area contributed by atoms with E-state index in [1.807, 2.05) is 0 Å². The maximum Gasteiger partial charge on any atom is 0.306 e. The number of allylic oxidation sites excluding steroid dienone is 34. The lowest BCUT2D eigenvalue weighted by Crippen LogP contribution is -2.30. The van der Waals surface area contributed by atoms with Crippen molar-refractivity contribution in [2.45, 2.75) is 245 Å². The molecule has 0 N–H and O–H groups in total. The van der Waals surface area contributed by atoms with Gasteiger partial charge < -0.3 is 14.2 Å². The SMILES string of the molecule is CC/C=C\C/C=C\C/C=C\C/C=C\C/C=C\C/C=C\C/C=C\CCCCCCCCCCCC(=O)OCC(COC(=O)CCC/C=C\C/C=C\C/C=C\C/C=C\C/C=C\CC)OC(=O)CCC/C=C\C/C=C\C/C=C\C/C=C\C/C=C\CC. The molecule has 6 nitrogen and oxygen atoms in total. The Morgan fingerprint density at radius 2 is 0.446 bits per heavy atom. The fraction of sp³-hybridized carbons (Fsp3) is 0.519. The Hall–Kier alpha value is -6.01. The van der Waals surface area contributed by atoms with Crippen molar-refractivity contribution in [3.8, 4) is 0 Å². The average Bonchev–Trinajstić information content (AvgIpc) is 3.49. The van der Waals surface area contributed by atoms with Gasteiger partial charge in [-0.15, -0.1) is 0 Å². The first-order valence-electron chi connectivity index (χ1n) is 32.6. The van der Waals surface area contributed by atoms with E-state index in [9.17, 15) is 14.4 Å². The second kappa shape index (κ2) is 68.5. The van der Waals surface area contributed by atoms with Gasteiger partial charge in [0.05, 0.1) is 0 Å². The van der Waals surface area contributed by atoms with Crippen molar-refractivity contribution in [1.29, 1.82) is 0 Å². The zero-order valence-corrected chi connectivity index (χ0v) is 52.6. The average molecular weight is 1140 g/mol. The van der Waals surface area contributed by atoms with Gasteiger partial charge in [0, 0.05) is 19.3 Å². The van der Waals surface area contributed by atoms with Crippen LogP contribution in [0.4, 0.5) is 0 Å². The molecule has 0 fully saturated rings. The monoisotopic (exact) mass is 1140 g/mol. The topological polar surface area (TPSA) is 78.9 Å². The van der Waals surface area contributed by atoms with Crippen LogP contribution in [0.3, 0.4) is 0 Å². The maximum atomic E-state index is 12.9. The molecule has 0 amide bonds. The highest BCUT2D eigenvalue weighted by Gasteiger charge is 2.19. The smallest absolute Gasteiger partial charge is 0.306 e. The Morgan fingerprint density at radius 1 is 0.241 bits per heavy atom. The van der Waals surface area contributed by atoms with E-state index < -0.39 is 12.1 Å². The summed E-state index contributed by atoms with van der Waals surface area (Å²) >= 11 is 0. The number of hydrogen-bond acceptors (Lipinski definition) is 6. The molecule has 460 valence electrons. The van der Waals surface area contributed by atoms with Crippen LogP contribution >= 0.6 is 0 Å². The van der Waals surface area contributed by atoms with Gasteiger partial charge in [-0.25, -0.2) is 0 Å². The third-order valence-corrected chi connectivity index (χ3v) is 12.8. The van der Waals surface area contributed by atoms with Crippen LogP contribution in [0.2, 0.25) is 0 Å². The molecule has 0 spiro atoms. The van der Waals surface area contributed by atoms with Gasteiger partial charge in [0.1, 0.15) is 13.2 Å². The maximum absolute atomic E-state index is 12.9. The van der Waals surface area contributed by atoms with Gasteiger partial charge in [0.2, 0.25) is 0 Å². The van der Waals surface area contributed by atoms with E-state index in [1.165, 1.54) is 38.5 Å². The number of rotatable bonds is 56. The second-order valence-corrected chi connectivity index (χ2v) is 20.5. The quantitative estimate of drug-likeness (QED) is 0.0261. The van der Waals surface area contributed by atoms with Crippen LogP contribution in [0.15, 0.2) is 207 Å². The van der Waals surface area contributed by atoms with Crippen molar-refractivity contribution < 1.29 is 28.6 Å². The molecule has 0 radical (unpaired) electrons. The van der Waals surface area contributed by atoms with Crippen molar-refractivity contribution in [3.63, 3.8) is 0 Å². The molecule has 0 aromatic rings. The summed E-state index contributed by atoms with van der Waals surface area (Å²) in [5.41, 5.74) is 0. The fourth-order valence-electron chi connectivity index (χ4n) is 8.02. The molecule has 6 heteroatoms.